The van der Waals surface area contributed by atoms with Crippen molar-refractivity contribution >= 4 is 22.5 Å². The third-order valence-corrected chi connectivity index (χ3v) is 5.06. The fourth-order valence-corrected chi connectivity index (χ4v) is 3.42. The number of ether oxygens (including phenoxy) is 1. The van der Waals surface area contributed by atoms with Gasteiger partial charge in [0.2, 0.25) is 0 Å². The Morgan fingerprint density at radius 3 is 2.56 bits per heavy atom. The minimum absolute atomic E-state index is 0.0325. The molecule has 182 valence electrons. The molecule has 0 spiro atoms. The number of benzene rings is 3. The van der Waals surface area contributed by atoms with Gasteiger partial charge in [0.1, 0.15) is 11.8 Å². The van der Waals surface area contributed by atoms with E-state index < -0.39 is 40.7 Å². The Morgan fingerprint density at radius 1 is 1.17 bits per heavy atom. The number of fused-ring (bicyclic) bond motifs is 1. The molecule has 3 aromatic carbocycles. The van der Waals surface area contributed by atoms with Crippen molar-refractivity contribution in [1.29, 1.82) is 5.26 Å². The van der Waals surface area contributed by atoms with E-state index in [2.05, 4.69) is 15.0 Å². The summed E-state index contributed by atoms with van der Waals surface area (Å²) in [5.74, 6) is -3.30. The molecule has 0 fully saturated rings. The van der Waals surface area contributed by atoms with Crippen LogP contribution in [0.2, 0.25) is 0 Å². The molecule has 0 aliphatic heterocycles. The quantitative estimate of drug-likeness (QED) is 0.396. The van der Waals surface area contributed by atoms with Crippen LogP contribution in [0.5, 0.6) is 11.5 Å². The molecule has 0 aliphatic rings. The molecule has 0 bridgehead atoms. The fourth-order valence-electron chi connectivity index (χ4n) is 3.42. The number of hydrogen-bond donors (Lipinski definition) is 2. The third kappa shape index (κ3) is 5.10. The van der Waals surface area contributed by atoms with E-state index in [1.165, 1.54) is 41.2 Å². The van der Waals surface area contributed by atoms with E-state index in [1.54, 1.807) is 6.07 Å². The molecular formula is C24H14F4N4O4. The summed E-state index contributed by atoms with van der Waals surface area (Å²) in [7, 11) is 0. The van der Waals surface area contributed by atoms with Gasteiger partial charge in [-0.25, -0.2) is 9.37 Å². The van der Waals surface area contributed by atoms with E-state index in [4.69, 9.17) is 5.26 Å². The van der Waals surface area contributed by atoms with Crippen LogP contribution in [0.15, 0.2) is 65.7 Å². The van der Waals surface area contributed by atoms with Crippen LogP contribution >= 0.6 is 0 Å². The summed E-state index contributed by atoms with van der Waals surface area (Å²) in [6.45, 7) is -0.0367. The van der Waals surface area contributed by atoms with Crippen LogP contribution in [-0.4, -0.2) is 26.9 Å². The number of carbonyl (C=O) groups is 1. The number of nitrogens with zero attached hydrogens (tertiary/aromatic N) is 3. The van der Waals surface area contributed by atoms with Crippen LogP contribution in [0.3, 0.4) is 0 Å². The summed E-state index contributed by atoms with van der Waals surface area (Å²) in [5, 5.41) is 21.1. The molecule has 0 radical (unpaired) electrons. The monoisotopic (exact) mass is 498 g/mol. The zero-order valence-electron chi connectivity index (χ0n) is 18.0. The number of phenolic OH excluding ortho intramolecular Hbond substituents is 1. The molecule has 0 atom stereocenters. The molecule has 8 nitrogen and oxygen atoms in total. The highest BCUT2D eigenvalue weighted by molar-refractivity contribution is 6.08. The molecule has 2 N–H and O–H groups in total. The second-order valence-corrected chi connectivity index (χ2v) is 7.49. The van der Waals surface area contributed by atoms with E-state index >= 15 is 0 Å². The summed E-state index contributed by atoms with van der Waals surface area (Å²) in [6, 6.07) is 12.8. The number of anilines is 1. The summed E-state index contributed by atoms with van der Waals surface area (Å²) >= 11 is 0. The van der Waals surface area contributed by atoms with Crippen LogP contribution in [0, 0.1) is 17.1 Å². The van der Waals surface area contributed by atoms with Crippen LogP contribution in [0.4, 0.5) is 23.2 Å². The van der Waals surface area contributed by atoms with E-state index in [-0.39, 0.29) is 28.7 Å². The second kappa shape index (κ2) is 9.38. The van der Waals surface area contributed by atoms with E-state index in [9.17, 15) is 32.3 Å². The number of nitriles is 1. The lowest BCUT2D eigenvalue weighted by Gasteiger charge is -2.12. The lowest BCUT2D eigenvalue weighted by molar-refractivity contribution is -0.274. The van der Waals surface area contributed by atoms with Gasteiger partial charge in [0.05, 0.1) is 35.0 Å². The Morgan fingerprint density at radius 2 is 1.89 bits per heavy atom. The second-order valence-electron chi connectivity index (χ2n) is 7.49. The van der Waals surface area contributed by atoms with E-state index in [0.29, 0.717) is 5.56 Å². The van der Waals surface area contributed by atoms with Gasteiger partial charge in [0.25, 0.3) is 11.5 Å². The Kier molecular flexibility index (Phi) is 6.31. The maximum Gasteiger partial charge on any atom is 0.573 e. The summed E-state index contributed by atoms with van der Waals surface area (Å²) in [4.78, 5) is 30.1. The van der Waals surface area contributed by atoms with Crippen molar-refractivity contribution in [2.45, 2.75) is 12.9 Å². The minimum atomic E-state index is -4.83. The van der Waals surface area contributed by atoms with Crippen molar-refractivity contribution in [3.05, 3.63) is 93.8 Å². The van der Waals surface area contributed by atoms with Crippen LogP contribution < -0.4 is 15.6 Å². The number of nitrogens with one attached hydrogen (secondary N) is 1. The van der Waals surface area contributed by atoms with Gasteiger partial charge in [-0.05, 0) is 42.0 Å². The molecule has 4 aromatic rings. The average molecular weight is 498 g/mol. The van der Waals surface area contributed by atoms with E-state index in [0.717, 1.165) is 24.3 Å². The fraction of sp³-hybridized carbons (Fsp3) is 0.0833. The van der Waals surface area contributed by atoms with Crippen molar-refractivity contribution in [2.75, 3.05) is 5.32 Å². The van der Waals surface area contributed by atoms with Crippen molar-refractivity contribution in [3.63, 3.8) is 0 Å². The Bertz CT molecular complexity index is 1580. The molecule has 0 unspecified atom stereocenters. The number of aromatic hydroxyl groups is 1. The topological polar surface area (TPSA) is 117 Å². The van der Waals surface area contributed by atoms with Gasteiger partial charge in [-0.15, -0.1) is 13.2 Å². The van der Waals surface area contributed by atoms with Crippen LogP contribution in [0.25, 0.3) is 10.9 Å². The Balaban J connectivity index is 1.65. The predicted octanol–water partition coefficient (Wildman–Crippen LogP) is 4.31. The smallest absolute Gasteiger partial charge is 0.504 e. The highest BCUT2D eigenvalue weighted by Crippen LogP contribution is 2.25. The van der Waals surface area contributed by atoms with Crippen molar-refractivity contribution in [2.24, 2.45) is 0 Å². The van der Waals surface area contributed by atoms with Gasteiger partial charge in [-0.2, -0.15) is 5.26 Å². The molecule has 4 rings (SSSR count). The Labute approximate surface area is 199 Å². The van der Waals surface area contributed by atoms with Gasteiger partial charge in [-0.1, -0.05) is 18.2 Å². The highest BCUT2D eigenvalue weighted by atomic mass is 19.4. The number of hydrogen-bond acceptors (Lipinski definition) is 6. The van der Waals surface area contributed by atoms with Gasteiger partial charge < -0.3 is 15.2 Å². The Hall–Kier alpha value is -4.92. The first-order valence-electron chi connectivity index (χ1n) is 10.1. The number of carbonyl (C=O) groups excluding carboxylic acids is 1. The maximum absolute atomic E-state index is 13.9. The number of halogens is 4. The first-order chi connectivity index (χ1) is 17.1. The predicted molar refractivity (Wildman–Crippen MR) is 119 cm³/mol. The summed E-state index contributed by atoms with van der Waals surface area (Å²) < 4.78 is 56.0. The highest BCUT2D eigenvalue weighted by Gasteiger charge is 2.31. The molecule has 1 amide bonds. The molecule has 1 aromatic heterocycles. The number of aromatic nitrogens is 2. The number of rotatable bonds is 5. The zero-order valence-corrected chi connectivity index (χ0v) is 18.0. The first-order valence-corrected chi connectivity index (χ1v) is 10.1. The lowest BCUT2D eigenvalue weighted by atomic mass is 10.1. The molecule has 36 heavy (non-hydrogen) atoms. The summed E-state index contributed by atoms with van der Waals surface area (Å²) in [6.07, 6.45) is -3.57. The zero-order chi connectivity index (χ0) is 26.0. The number of phenols is 1. The molecule has 0 saturated carbocycles. The van der Waals surface area contributed by atoms with Crippen LogP contribution in [-0.2, 0) is 6.54 Å². The molecular weight excluding hydrogens is 484 g/mol. The van der Waals surface area contributed by atoms with Crippen molar-refractivity contribution in [1.82, 2.24) is 9.55 Å². The standard InChI is InChI=1S/C24H14F4N4O4/c25-17-9-14(8-15(10-29)21(17)33)22(34)31-19-3-1-2-18-20(19)23(35)32(12-30-18)11-13-4-6-16(7-5-13)36-24(26,27)28/h1-9,12,33H,11H2,(H,31,34). The molecule has 0 aliphatic carbocycles. The van der Waals surface area contributed by atoms with Gasteiger partial charge >= 0.3 is 6.36 Å². The lowest BCUT2D eigenvalue weighted by Crippen LogP contribution is -2.23. The number of alkyl halides is 3. The SMILES string of the molecule is N#Cc1cc(C(=O)Nc2cccc3ncn(Cc4ccc(OC(F)(F)F)cc4)c(=O)c23)cc(F)c1O. The third-order valence-electron chi connectivity index (χ3n) is 5.06. The number of amides is 1. The van der Waals surface area contributed by atoms with Gasteiger partial charge in [0, 0.05) is 5.56 Å². The van der Waals surface area contributed by atoms with Gasteiger partial charge in [-0.3, -0.25) is 14.2 Å². The van der Waals surface area contributed by atoms with Crippen molar-refractivity contribution in [3.8, 4) is 17.6 Å². The normalized spacial score (nSPS) is 11.2. The minimum Gasteiger partial charge on any atom is -0.504 e. The molecule has 1 heterocycles. The molecule has 12 heteroatoms. The molecule has 0 saturated heterocycles. The largest absolute Gasteiger partial charge is 0.573 e. The van der Waals surface area contributed by atoms with Gasteiger partial charge in [0.15, 0.2) is 11.6 Å². The summed E-state index contributed by atoms with van der Waals surface area (Å²) in [5.41, 5.74) is -0.458. The maximum atomic E-state index is 13.9. The first kappa shape index (κ1) is 24.2. The van der Waals surface area contributed by atoms with E-state index in [1.807, 2.05) is 0 Å². The van der Waals surface area contributed by atoms with Crippen LogP contribution in [0.1, 0.15) is 21.5 Å². The average Bonchev–Trinajstić information content (AvgIpc) is 2.82. The van der Waals surface area contributed by atoms with Crippen molar-refractivity contribution < 1.29 is 32.2 Å².